The van der Waals surface area contributed by atoms with Crippen LogP contribution in [0.2, 0.25) is 0 Å². The van der Waals surface area contributed by atoms with Crippen LogP contribution in [0.15, 0.2) is 78.9 Å². The molecule has 9 rings (SSSR count). The quantitative estimate of drug-likeness (QED) is 0.187. The summed E-state index contributed by atoms with van der Waals surface area (Å²) in [7, 11) is 0. The fraction of sp³-hybridized carbons (Fsp3) is 0.286. The van der Waals surface area contributed by atoms with E-state index in [1.165, 1.54) is 11.1 Å². The Kier molecular flexibility index (Phi) is 7.97. The van der Waals surface area contributed by atoms with Crippen molar-refractivity contribution in [2.45, 2.75) is 40.0 Å². The maximum Gasteiger partial charge on any atom is 0.259 e. The van der Waals surface area contributed by atoms with Gasteiger partial charge in [-0.15, -0.1) is 11.3 Å². The van der Waals surface area contributed by atoms with Crippen LogP contribution in [0.4, 0.5) is 17.2 Å². The molecule has 0 aliphatic carbocycles. The van der Waals surface area contributed by atoms with Gasteiger partial charge in [-0.2, -0.15) is 0 Å². The monoisotopic (exact) mass is 708 g/mol. The summed E-state index contributed by atoms with van der Waals surface area (Å²) in [6.07, 6.45) is 2.81. The Morgan fingerprint density at radius 3 is 2.48 bits per heavy atom. The molecule has 9 nitrogen and oxygen atoms in total. The highest BCUT2D eigenvalue weighted by Crippen LogP contribution is 2.45. The molecule has 2 amide bonds. The molecule has 262 valence electrons. The molecule has 6 aromatic rings. The molecule has 6 heterocycles. The van der Waals surface area contributed by atoms with E-state index in [1.807, 2.05) is 67.3 Å². The van der Waals surface area contributed by atoms with Crippen molar-refractivity contribution in [1.29, 1.82) is 0 Å². The number of H-pyrrole nitrogens is 1. The number of carbonyl (C=O) groups excluding carboxylic acids is 2. The molecule has 0 saturated carbocycles. The lowest BCUT2D eigenvalue weighted by Gasteiger charge is -2.53. The average molecular weight is 709 g/mol. The number of aryl methyl sites for hydroxylation is 3. The number of rotatable bonds is 5. The number of benzene rings is 3. The van der Waals surface area contributed by atoms with E-state index in [1.54, 1.807) is 23.5 Å². The van der Waals surface area contributed by atoms with Gasteiger partial charge in [0.15, 0.2) is 0 Å². The summed E-state index contributed by atoms with van der Waals surface area (Å²) in [5, 5.41) is 3.07. The van der Waals surface area contributed by atoms with Gasteiger partial charge in [-0.3, -0.25) is 9.59 Å². The van der Waals surface area contributed by atoms with Crippen molar-refractivity contribution < 1.29 is 14.3 Å². The first-order valence-electron chi connectivity index (χ1n) is 18.0. The van der Waals surface area contributed by atoms with E-state index in [4.69, 9.17) is 14.7 Å². The normalized spacial score (nSPS) is 16.3. The average Bonchev–Trinajstić information content (AvgIpc) is 3.75. The van der Waals surface area contributed by atoms with Gasteiger partial charge >= 0.3 is 0 Å². The molecule has 2 fully saturated rings. The highest BCUT2D eigenvalue weighted by molar-refractivity contribution is 7.19. The molecule has 2 saturated heterocycles. The molecule has 3 aromatic carbocycles. The topological polar surface area (TPSA) is 103 Å². The van der Waals surface area contributed by atoms with Crippen molar-refractivity contribution in [3.8, 4) is 21.1 Å². The van der Waals surface area contributed by atoms with Crippen LogP contribution < -0.4 is 15.1 Å². The Balaban J connectivity index is 0.934. The molecule has 0 bridgehead atoms. The first-order chi connectivity index (χ1) is 25.2. The molecule has 3 aliphatic heterocycles. The molecule has 10 heteroatoms. The highest BCUT2D eigenvalue weighted by atomic mass is 32.1. The van der Waals surface area contributed by atoms with Crippen molar-refractivity contribution >= 4 is 51.4 Å². The number of amides is 2. The first kappa shape index (κ1) is 32.6. The van der Waals surface area contributed by atoms with Gasteiger partial charge in [-0.1, -0.05) is 30.3 Å². The Bertz CT molecular complexity index is 2360. The molecule has 52 heavy (non-hydrogen) atoms. The number of hydrogen-bond acceptors (Lipinski definition) is 7. The second kappa shape index (κ2) is 12.7. The summed E-state index contributed by atoms with van der Waals surface area (Å²) in [5.74, 6) is 1.32. The largest absolute Gasteiger partial charge is 0.381 e. The van der Waals surface area contributed by atoms with E-state index in [0.717, 1.165) is 101 Å². The number of nitrogens with one attached hydrogen (secondary N) is 2. The number of fused-ring (bicyclic) bond motifs is 4. The minimum Gasteiger partial charge on any atom is -0.381 e. The summed E-state index contributed by atoms with van der Waals surface area (Å²) >= 11 is 1.71. The number of aromatic nitrogens is 3. The van der Waals surface area contributed by atoms with E-state index in [-0.39, 0.29) is 17.2 Å². The molecule has 0 atom stereocenters. The fourth-order valence-electron chi connectivity index (χ4n) is 7.90. The van der Waals surface area contributed by atoms with Gasteiger partial charge in [0.2, 0.25) is 0 Å². The molecule has 3 aromatic heterocycles. The number of aromatic amines is 1. The number of imidazole rings is 1. The molecule has 3 aliphatic rings. The van der Waals surface area contributed by atoms with Gasteiger partial charge in [-0.25, -0.2) is 9.97 Å². The lowest BCUT2D eigenvalue weighted by atomic mass is 9.73. The van der Waals surface area contributed by atoms with Crippen LogP contribution in [0.1, 0.15) is 55.9 Å². The summed E-state index contributed by atoms with van der Waals surface area (Å²) in [4.78, 5) is 47.5. The van der Waals surface area contributed by atoms with Gasteiger partial charge in [0, 0.05) is 65.6 Å². The number of ether oxygens (including phenoxy) is 1. The van der Waals surface area contributed by atoms with Gasteiger partial charge in [0.25, 0.3) is 11.8 Å². The van der Waals surface area contributed by atoms with Gasteiger partial charge in [0.1, 0.15) is 11.6 Å². The summed E-state index contributed by atoms with van der Waals surface area (Å²) in [6.45, 7) is 9.98. The van der Waals surface area contributed by atoms with E-state index >= 15 is 0 Å². The minimum atomic E-state index is -0.206. The third kappa shape index (κ3) is 5.66. The van der Waals surface area contributed by atoms with Crippen molar-refractivity contribution in [2.24, 2.45) is 5.41 Å². The number of anilines is 3. The maximum absolute atomic E-state index is 14.1. The lowest BCUT2D eigenvalue weighted by Crippen LogP contribution is -2.59. The standard InChI is InChI=1S/C42H40N6O3S/c1-25-7-6-9-33-36(25)46-38(45-33)35-22-29-15-18-48(34-10-5-4-8-31(34)37(29)52-35)41(50)28-11-13-30(14-12-28)44-40(49)32-21-26(2)27(3)43-39(32)47-23-42(24-47)16-19-51-20-17-42/h4-14,21-22H,15-20,23-24H2,1-3H3,(H,44,49)(H,45,46). The van der Waals surface area contributed by atoms with E-state index in [9.17, 15) is 9.59 Å². The highest BCUT2D eigenvalue weighted by Gasteiger charge is 2.45. The summed E-state index contributed by atoms with van der Waals surface area (Å²) in [6, 6.07) is 25.7. The van der Waals surface area contributed by atoms with Crippen molar-refractivity contribution in [3.05, 3.63) is 112 Å². The van der Waals surface area contributed by atoms with Crippen LogP contribution in [-0.4, -0.2) is 59.6 Å². The SMILES string of the molecule is Cc1cc(C(=O)Nc2ccc(C(=O)N3CCc4cc(-c5nc6cccc(C)c6[nH]5)sc4-c4ccccc43)cc2)c(N2CC3(CCOCC3)C2)nc1C. The zero-order chi connectivity index (χ0) is 35.6. The number of pyridine rings is 1. The van der Waals surface area contributed by atoms with Gasteiger partial charge in [0.05, 0.1) is 27.2 Å². The number of nitrogens with zero attached hydrogens (tertiary/aromatic N) is 4. The number of para-hydroxylation sites is 2. The van der Waals surface area contributed by atoms with E-state index < -0.39 is 0 Å². The molecular weight excluding hydrogens is 669 g/mol. The molecule has 1 spiro atoms. The van der Waals surface area contributed by atoms with Crippen molar-refractivity contribution in [3.63, 3.8) is 0 Å². The second-order valence-electron chi connectivity index (χ2n) is 14.5. The fourth-order valence-corrected chi connectivity index (χ4v) is 9.09. The van der Waals surface area contributed by atoms with Crippen LogP contribution >= 0.6 is 11.3 Å². The molecule has 2 N–H and O–H groups in total. The smallest absolute Gasteiger partial charge is 0.259 e. The van der Waals surface area contributed by atoms with E-state index in [0.29, 0.717) is 23.4 Å². The van der Waals surface area contributed by atoms with Gasteiger partial charge < -0.3 is 24.8 Å². The third-order valence-electron chi connectivity index (χ3n) is 11.0. The third-order valence-corrected chi connectivity index (χ3v) is 12.3. The Labute approximate surface area is 306 Å². The molecule has 0 radical (unpaired) electrons. The second-order valence-corrected chi connectivity index (χ2v) is 15.6. The number of hydrogen-bond donors (Lipinski definition) is 2. The Morgan fingerprint density at radius 1 is 0.904 bits per heavy atom. The van der Waals surface area contributed by atoms with Crippen LogP contribution in [0.5, 0.6) is 0 Å². The molecular formula is C42H40N6O3S. The van der Waals surface area contributed by atoms with Crippen molar-refractivity contribution in [2.75, 3.05) is 48.0 Å². The zero-order valence-electron chi connectivity index (χ0n) is 29.6. The Hall–Kier alpha value is -5.32. The van der Waals surface area contributed by atoms with Crippen molar-refractivity contribution in [1.82, 2.24) is 15.0 Å². The predicted octanol–water partition coefficient (Wildman–Crippen LogP) is 8.35. The number of carbonyl (C=O) groups is 2. The summed E-state index contributed by atoms with van der Waals surface area (Å²) in [5.41, 5.74) is 10.2. The first-order valence-corrected chi connectivity index (χ1v) is 18.8. The van der Waals surface area contributed by atoms with Crippen LogP contribution in [-0.2, 0) is 11.2 Å². The zero-order valence-corrected chi connectivity index (χ0v) is 30.4. The van der Waals surface area contributed by atoms with Crippen LogP contribution in [0.25, 0.3) is 32.2 Å². The lowest BCUT2D eigenvalue weighted by molar-refractivity contribution is -0.000519. The number of thiophene rings is 1. The Morgan fingerprint density at radius 2 is 1.69 bits per heavy atom. The van der Waals surface area contributed by atoms with E-state index in [2.05, 4.69) is 40.3 Å². The predicted molar refractivity (Wildman–Crippen MR) is 208 cm³/mol. The van der Waals surface area contributed by atoms with Crippen LogP contribution in [0.3, 0.4) is 0 Å². The maximum atomic E-state index is 14.1. The minimum absolute atomic E-state index is 0.0751. The molecule has 0 unspecified atom stereocenters. The van der Waals surface area contributed by atoms with Crippen LogP contribution in [0, 0.1) is 26.2 Å². The van der Waals surface area contributed by atoms with Gasteiger partial charge in [-0.05, 0) is 105 Å². The summed E-state index contributed by atoms with van der Waals surface area (Å²) < 4.78 is 5.60.